The molecular weight excluding hydrogens is 316 g/mol. The van der Waals surface area contributed by atoms with Crippen LogP contribution in [0.3, 0.4) is 0 Å². The highest BCUT2D eigenvalue weighted by atomic mass is 16.5. The highest BCUT2D eigenvalue weighted by Gasteiger charge is 2.37. The molecule has 0 aliphatic carbocycles. The third-order valence-electron chi connectivity index (χ3n) is 5.70. The highest BCUT2D eigenvalue weighted by Crippen LogP contribution is 2.24. The molecule has 0 spiro atoms. The number of hydrogen-bond donors (Lipinski definition) is 1. The first kappa shape index (κ1) is 20.0. The van der Waals surface area contributed by atoms with Crippen LogP contribution >= 0.6 is 0 Å². The summed E-state index contributed by atoms with van der Waals surface area (Å²) in [4.78, 5) is 21.6. The minimum absolute atomic E-state index is 0.0603. The number of methoxy groups -OCH3 is 1. The lowest BCUT2D eigenvalue weighted by Crippen LogP contribution is -2.43. The summed E-state index contributed by atoms with van der Waals surface area (Å²) in [6.45, 7) is 14.3. The molecule has 25 heavy (non-hydrogen) atoms. The molecule has 3 atom stereocenters. The molecule has 0 bridgehead atoms. The molecule has 2 saturated heterocycles. The number of likely N-dealkylation sites (tertiary alicyclic amines) is 2. The minimum Gasteiger partial charge on any atom is -0.469 e. The van der Waals surface area contributed by atoms with E-state index in [0.29, 0.717) is 12.6 Å². The van der Waals surface area contributed by atoms with Crippen LogP contribution in [-0.4, -0.2) is 74.1 Å². The molecule has 6 nitrogen and oxygen atoms in total. The number of nitrogens with zero attached hydrogens (tertiary/aromatic N) is 3. The minimum atomic E-state index is -0.110. The second-order valence-electron chi connectivity index (χ2n) is 7.77. The number of hydrogen-bond acceptors (Lipinski definition) is 4. The maximum absolute atomic E-state index is 11.9. The maximum atomic E-state index is 11.9. The SMILES string of the molecule is CCNC(=NCC(C)N1CCC(C)CC1)N1CC(C)C(C(=O)OC)C1. The summed E-state index contributed by atoms with van der Waals surface area (Å²) in [7, 11) is 1.47. The summed E-state index contributed by atoms with van der Waals surface area (Å²) in [5.74, 6) is 1.90. The fraction of sp³-hybridized carbons (Fsp3) is 0.895. The van der Waals surface area contributed by atoms with Crippen molar-refractivity contribution in [3.8, 4) is 0 Å². The molecular formula is C19H36N4O2. The van der Waals surface area contributed by atoms with Gasteiger partial charge in [0, 0.05) is 25.7 Å². The summed E-state index contributed by atoms with van der Waals surface area (Å²) in [6, 6.07) is 0.456. The molecule has 2 aliphatic heterocycles. The van der Waals surface area contributed by atoms with Crippen molar-refractivity contribution in [2.24, 2.45) is 22.7 Å². The van der Waals surface area contributed by atoms with Crippen molar-refractivity contribution in [3.05, 3.63) is 0 Å². The van der Waals surface area contributed by atoms with Crippen molar-refractivity contribution in [2.45, 2.75) is 46.6 Å². The summed E-state index contributed by atoms with van der Waals surface area (Å²) in [5, 5.41) is 3.39. The van der Waals surface area contributed by atoms with E-state index in [1.165, 1.54) is 33.0 Å². The summed E-state index contributed by atoms with van der Waals surface area (Å²) >= 11 is 0. The van der Waals surface area contributed by atoms with E-state index in [0.717, 1.165) is 31.5 Å². The summed E-state index contributed by atoms with van der Waals surface area (Å²) in [6.07, 6.45) is 2.58. The van der Waals surface area contributed by atoms with E-state index in [9.17, 15) is 4.79 Å². The van der Waals surface area contributed by atoms with Gasteiger partial charge in [-0.2, -0.15) is 0 Å². The van der Waals surface area contributed by atoms with Crippen molar-refractivity contribution in [3.63, 3.8) is 0 Å². The lowest BCUT2D eigenvalue weighted by Gasteiger charge is -2.34. The quantitative estimate of drug-likeness (QED) is 0.465. The van der Waals surface area contributed by atoms with Crippen molar-refractivity contribution < 1.29 is 9.53 Å². The molecule has 0 aromatic heterocycles. The Hall–Kier alpha value is -1.30. The van der Waals surface area contributed by atoms with Gasteiger partial charge in [-0.3, -0.25) is 14.7 Å². The van der Waals surface area contributed by atoms with E-state index in [2.05, 4.69) is 42.8 Å². The van der Waals surface area contributed by atoms with Gasteiger partial charge in [0.15, 0.2) is 5.96 Å². The van der Waals surface area contributed by atoms with Gasteiger partial charge >= 0.3 is 5.97 Å². The first-order chi connectivity index (χ1) is 12.0. The number of guanidine groups is 1. The largest absolute Gasteiger partial charge is 0.469 e. The fourth-order valence-corrected chi connectivity index (χ4v) is 3.83. The average Bonchev–Trinajstić information content (AvgIpc) is 2.99. The van der Waals surface area contributed by atoms with E-state index in [1.54, 1.807) is 0 Å². The first-order valence-electron chi connectivity index (χ1n) is 9.81. The Kier molecular flexibility index (Phi) is 7.54. The van der Waals surface area contributed by atoms with Gasteiger partial charge in [0.25, 0.3) is 0 Å². The predicted molar refractivity (Wildman–Crippen MR) is 102 cm³/mol. The molecule has 144 valence electrons. The lowest BCUT2D eigenvalue weighted by atomic mass is 9.98. The fourth-order valence-electron chi connectivity index (χ4n) is 3.83. The maximum Gasteiger partial charge on any atom is 0.310 e. The topological polar surface area (TPSA) is 57.2 Å². The van der Waals surface area contributed by atoms with Gasteiger partial charge in [-0.15, -0.1) is 0 Å². The molecule has 3 unspecified atom stereocenters. The van der Waals surface area contributed by atoms with Gasteiger partial charge in [-0.25, -0.2) is 0 Å². The second kappa shape index (κ2) is 9.41. The van der Waals surface area contributed by atoms with Crippen LogP contribution in [0, 0.1) is 17.8 Å². The number of esters is 1. The van der Waals surface area contributed by atoms with Crippen LogP contribution < -0.4 is 5.32 Å². The Balaban J connectivity index is 1.95. The Labute approximate surface area is 153 Å². The number of carbonyl (C=O) groups is 1. The van der Waals surface area contributed by atoms with Crippen LogP contribution in [0.4, 0.5) is 0 Å². The zero-order valence-corrected chi connectivity index (χ0v) is 16.6. The molecule has 2 fully saturated rings. The van der Waals surface area contributed by atoms with E-state index in [-0.39, 0.29) is 17.8 Å². The van der Waals surface area contributed by atoms with Crippen LogP contribution in [0.5, 0.6) is 0 Å². The van der Waals surface area contributed by atoms with Gasteiger partial charge < -0.3 is 15.0 Å². The molecule has 1 N–H and O–H groups in total. The van der Waals surface area contributed by atoms with Gasteiger partial charge in [-0.05, 0) is 51.6 Å². The smallest absolute Gasteiger partial charge is 0.310 e. The predicted octanol–water partition coefficient (Wildman–Crippen LogP) is 1.81. The van der Waals surface area contributed by atoms with Crippen LogP contribution in [0.2, 0.25) is 0 Å². The number of ether oxygens (including phenoxy) is 1. The number of piperidine rings is 1. The third-order valence-corrected chi connectivity index (χ3v) is 5.70. The number of rotatable bonds is 5. The van der Waals surface area contributed by atoms with Crippen molar-refractivity contribution >= 4 is 11.9 Å². The number of carbonyl (C=O) groups excluding carboxylic acids is 1. The molecule has 0 aromatic carbocycles. The molecule has 2 rings (SSSR count). The molecule has 0 saturated carbocycles. The average molecular weight is 353 g/mol. The van der Waals surface area contributed by atoms with Gasteiger partial charge in [0.1, 0.15) is 0 Å². The van der Waals surface area contributed by atoms with Crippen LogP contribution in [0.1, 0.15) is 40.5 Å². The molecule has 0 amide bonds. The standard InChI is InChI=1S/C19H36N4O2/c1-6-20-19(23-12-15(3)17(13-23)18(24)25-5)21-11-16(4)22-9-7-14(2)8-10-22/h14-17H,6-13H2,1-5H3,(H,20,21). The Morgan fingerprint density at radius 3 is 2.56 bits per heavy atom. The van der Waals surface area contributed by atoms with Gasteiger partial charge in [0.05, 0.1) is 19.6 Å². The zero-order valence-electron chi connectivity index (χ0n) is 16.6. The first-order valence-corrected chi connectivity index (χ1v) is 9.81. The van der Waals surface area contributed by atoms with Crippen molar-refractivity contribution in [2.75, 3.05) is 46.4 Å². The highest BCUT2D eigenvalue weighted by molar-refractivity contribution is 5.82. The summed E-state index contributed by atoms with van der Waals surface area (Å²) in [5.41, 5.74) is 0. The van der Waals surface area contributed by atoms with Crippen LogP contribution in [0.15, 0.2) is 4.99 Å². The zero-order chi connectivity index (χ0) is 18.4. The lowest BCUT2D eigenvalue weighted by molar-refractivity contribution is -0.145. The Morgan fingerprint density at radius 2 is 1.96 bits per heavy atom. The number of nitrogens with one attached hydrogen (secondary N) is 1. The molecule has 6 heteroatoms. The molecule has 0 aromatic rings. The van der Waals surface area contributed by atoms with E-state index >= 15 is 0 Å². The van der Waals surface area contributed by atoms with Gasteiger partial charge in [0.2, 0.25) is 0 Å². The Bertz CT molecular complexity index is 460. The third kappa shape index (κ3) is 5.33. The van der Waals surface area contributed by atoms with E-state index < -0.39 is 0 Å². The molecule has 2 heterocycles. The normalized spacial score (nSPS) is 27.4. The van der Waals surface area contributed by atoms with E-state index in [4.69, 9.17) is 9.73 Å². The molecule has 2 aliphatic rings. The van der Waals surface area contributed by atoms with Gasteiger partial charge in [-0.1, -0.05) is 13.8 Å². The monoisotopic (exact) mass is 352 g/mol. The number of aliphatic imine (C=N–C) groups is 1. The van der Waals surface area contributed by atoms with Crippen LogP contribution in [0.25, 0.3) is 0 Å². The van der Waals surface area contributed by atoms with Crippen molar-refractivity contribution in [1.82, 2.24) is 15.1 Å². The van der Waals surface area contributed by atoms with E-state index in [1.807, 2.05) is 0 Å². The summed E-state index contributed by atoms with van der Waals surface area (Å²) < 4.78 is 4.95. The Morgan fingerprint density at radius 1 is 1.28 bits per heavy atom. The molecule has 0 radical (unpaired) electrons. The van der Waals surface area contributed by atoms with Crippen molar-refractivity contribution in [1.29, 1.82) is 0 Å². The second-order valence-corrected chi connectivity index (χ2v) is 7.77. The van der Waals surface area contributed by atoms with Crippen LogP contribution in [-0.2, 0) is 9.53 Å².